The van der Waals surface area contributed by atoms with Crippen LogP contribution in [0.4, 0.5) is 5.69 Å². The topological polar surface area (TPSA) is 53.8 Å². The highest BCUT2D eigenvalue weighted by atomic mass is 79.9. The molecule has 1 heterocycles. The third kappa shape index (κ3) is 6.92. The molecular weight excluding hydrogens is 406 g/mol. The Morgan fingerprint density at radius 1 is 1.30 bits per heavy atom. The first-order chi connectivity index (χ1) is 13.0. The van der Waals surface area contributed by atoms with Gasteiger partial charge in [0.2, 0.25) is 0 Å². The molecule has 0 atom stereocenters. The van der Waals surface area contributed by atoms with Crippen LogP contribution in [0.25, 0.3) is 0 Å². The van der Waals surface area contributed by atoms with Crippen molar-refractivity contribution in [3.05, 3.63) is 52.3 Å². The number of hydrogen-bond donors (Lipinski definition) is 2. The summed E-state index contributed by atoms with van der Waals surface area (Å²) in [5, 5.41) is 6.70. The van der Waals surface area contributed by atoms with Crippen molar-refractivity contribution in [1.82, 2.24) is 14.8 Å². The minimum absolute atomic E-state index is 0.641. The van der Waals surface area contributed by atoms with Crippen molar-refractivity contribution in [3.8, 4) is 0 Å². The van der Waals surface area contributed by atoms with Gasteiger partial charge in [-0.2, -0.15) is 0 Å². The summed E-state index contributed by atoms with van der Waals surface area (Å²) in [6, 6.07) is 10.5. The second kappa shape index (κ2) is 11.0. The molecule has 1 aromatic carbocycles. The largest absolute Gasteiger partial charge is 0.383 e. The number of halogens is 1. The predicted molar refractivity (Wildman–Crippen MR) is 116 cm³/mol. The van der Waals surface area contributed by atoms with E-state index in [1.807, 2.05) is 0 Å². The average Bonchev–Trinajstić information content (AvgIpc) is 2.97. The van der Waals surface area contributed by atoms with E-state index in [-0.39, 0.29) is 0 Å². The maximum absolute atomic E-state index is 5.05. The highest BCUT2D eigenvalue weighted by Crippen LogP contribution is 2.15. The number of nitrogens with zero attached hydrogens (tertiary/aromatic N) is 3. The van der Waals surface area contributed by atoms with Gasteiger partial charge >= 0.3 is 0 Å². The van der Waals surface area contributed by atoms with Gasteiger partial charge in [0.15, 0.2) is 5.96 Å². The number of nitrogens with one attached hydrogen (secondary N) is 2. The van der Waals surface area contributed by atoms with E-state index in [1.165, 1.54) is 11.3 Å². The molecule has 2 aromatic rings. The van der Waals surface area contributed by atoms with Crippen LogP contribution in [0.3, 0.4) is 0 Å². The zero-order chi connectivity index (χ0) is 19.6. The van der Waals surface area contributed by atoms with Crippen molar-refractivity contribution in [3.63, 3.8) is 0 Å². The summed E-state index contributed by atoms with van der Waals surface area (Å²) < 4.78 is 8.27. The van der Waals surface area contributed by atoms with Gasteiger partial charge in [-0.15, -0.1) is 0 Å². The fraction of sp³-hybridized carbons (Fsp3) is 0.450. The van der Waals surface area contributed by atoms with Crippen molar-refractivity contribution >= 4 is 27.6 Å². The number of hydrogen-bond acceptors (Lipinski definition) is 3. The molecule has 0 bridgehead atoms. The summed E-state index contributed by atoms with van der Waals surface area (Å²) in [6.07, 6.45) is 2.06. The Hall–Kier alpha value is -1.99. The van der Waals surface area contributed by atoms with Gasteiger partial charge in [0.1, 0.15) is 0 Å². The number of aliphatic imine (C=N–C) groups is 1. The van der Waals surface area contributed by atoms with Gasteiger partial charge in [0.05, 0.1) is 19.7 Å². The maximum atomic E-state index is 5.05. The fourth-order valence-electron chi connectivity index (χ4n) is 2.70. The molecule has 2 N–H and O–H groups in total. The lowest BCUT2D eigenvalue weighted by atomic mass is 10.2. The number of methoxy groups -OCH3 is 1. The molecule has 0 aliphatic carbocycles. The molecule has 0 saturated carbocycles. The van der Waals surface area contributed by atoms with Crippen LogP contribution >= 0.6 is 15.9 Å². The van der Waals surface area contributed by atoms with Crippen LogP contribution in [0.15, 0.2) is 46.0 Å². The summed E-state index contributed by atoms with van der Waals surface area (Å²) in [6.45, 7) is 5.85. The highest BCUT2D eigenvalue weighted by molar-refractivity contribution is 9.10. The summed E-state index contributed by atoms with van der Waals surface area (Å²) in [4.78, 5) is 6.94. The molecule has 0 fully saturated rings. The number of aromatic nitrogens is 1. The number of rotatable bonds is 9. The number of guanidine groups is 1. The molecular formula is C20H30BrN5O. The normalized spacial score (nSPS) is 11.5. The van der Waals surface area contributed by atoms with E-state index in [1.54, 1.807) is 7.11 Å². The standard InChI is InChI=1S/C20H30BrN5O/c1-5-22-20(26(3)15-19-12-17(21)14-25(19)2)24-13-16-6-8-18(9-7-16)23-10-11-27-4/h6-9,12,14,23H,5,10-11,13,15H2,1-4H3,(H,22,24). The van der Waals surface area contributed by atoms with Crippen LogP contribution in [0.1, 0.15) is 18.2 Å². The van der Waals surface area contributed by atoms with Gasteiger partial charge in [-0.1, -0.05) is 12.1 Å². The molecule has 0 radical (unpaired) electrons. The van der Waals surface area contributed by atoms with Crippen LogP contribution in [0.5, 0.6) is 0 Å². The summed E-state index contributed by atoms with van der Waals surface area (Å²) >= 11 is 3.53. The lowest BCUT2D eigenvalue weighted by Crippen LogP contribution is -2.38. The van der Waals surface area contributed by atoms with Crippen LogP contribution in [0, 0.1) is 0 Å². The van der Waals surface area contributed by atoms with Gasteiger partial charge in [0.25, 0.3) is 0 Å². The van der Waals surface area contributed by atoms with Crippen molar-refractivity contribution in [2.75, 3.05) is 39.2 Å². The van der Waals surface area contributed by atoms with E-state index in [2.05, 4.69) is 93.6 Å². The summed E-state index contributed by atoms with van der Waals surface area (Å²) in [5.41, 5.74) is 3.50. The summed E-state index contributed by atoms with van der Waals surface area (Å²) in [7, 11) is 5.82. The van der Waals surface area contributed by atoms with Crippen LogP contribution in [-0.2, 0) is 24.9 Å². The molecule has 2 rings (SSSR count). The van der Waals surface area contributed by atoms with Crippen LogP contribution in [0.2, 0.25) is 0 Å². The number of benzene rings is 1. The Balaban J connectivity index is 1.98. The van der Waals surface area contributed by atoms with E-state index in [0.29, 0.717) is 13.2 Å². The molecule has 148 valence electrons. The molecule has 0 spiro atoms. The SMILES string of the molecule is CCNC(=NCc1ccc(NCCOC)cc1)N(C)Cc1cc(Br)cn1C. The van der Waals surface area contributed by atoms with E-state index in [0.717, 1.165) is 35.8 Å². The Kier molecular flexibility index (Phi) is 8.67. The molecule has 6 nitrogen and oxygen atoms in total. The van der Waals surface area contributed by atoms with Gasteiger partial charge in [0, 0.05) is 56.3 Å². The third-order valence-electron chi connectivity index (χ3n) is 4.17. The zero-order valence-corrected chi connectivity index (χ0v) is 18.2. The first-order valence-electron chi connectivity index (χ1n) is 9.15. The second-order valence-electron chi connectivity index (χ2n) is 6.40. The van der Waals surface area contributed by atoms with Crippen molar-refractivity contribution < 1.29 is 4.74 Å². The van der Waals surface area contributed by atoms with E-state index >= 15 is 0 Å². The second-order valence-corrected chi connectivity index (χ2v) is 7.32. The number of anilines is 1. The monoisotopic (exact) mass is 435 g/mol. The van der Waals surface area contributed by atoms with E-state index in [4.69, 9.17) is 9.73 Å². The lowest BCUT2D eigenvalue weighted by Gasteiger charge is -2.22. The van der Waals surface area contributed by atoms with E-state index < -0.39 is 0 Å². The van der Waals surface area contributed by atoms with Crippen molar-refractivity contribution in [1.29, 1.82) is 0 Å². The van der Waals surface area contributed by atoms with Gasteiger partial charge < -0.3 is 24.8 Å². The van der Waals surface area contributed by atoms with Crippen molar-refractivity contribution in [2.45, 2.75) is 20.0 Å². The Bertz CT molecular complexity index is 726. The number of aryl methyl sites for hydroxylation is 1. The Morgan fingerprint density at radius 3 is 2.63 bits per heavy atom. The smallest absolute Gasteiger partial charge is 0.194 e. The fourth-order valence-corrected chi connectivity index (χ4v) is 3.27. The predicted octanol–water partition coefficient (Wildman–Crippen LogP) is 3.44. The maximum Gasteiger partial charge on any atom is 0.194 e. The molecule has 0 saturated heterocycles. The van der Waals surface area contributed by atoms with Crippen LogP contribution in [-0.4, -0.2) is 49.3 Å². The van der Waals surface area contributed by atoms with Crippen LogP contribution < -0.4 is 10.6 Å². The lowest BCUT2D eigenvalue weighted by molar-refractivity contribution is 0.211. The summed E-state index contributed by atoms with van der Waals surface area (Å²) in [5.74, 6) is 0.900. The van der Waals surface area contributed by atoms with Gasteiger partial charge in [-0.3, -0.25) is 0 Å². The third-order valence-corrected chi connectivity index (χ3v) is 4.60. The Morgan fingerprint density at radius 2 is 2.04 bits per heavy atom. The van der Waals surface area contributed by atoms with Gasteiger partial charge in [-0.25, -0.2) is 4.99 Å². The quantitative estimate of drug-likeness (QED) is 0.359. The molecule has 0 unspecified atom stereocenters. The first kappa shape index (κ1) is 21.3. The molecule has 7 heteroatoms. The minimum atomic E-state index is 0.641. The zero-order valence-electron chi connectivity index (χ0n) is 16.6. The van der Waals surface area contributed by atoms with Crippen molar-refractivity contribution in [2.24, 2.45) is 12.0 Å². The number of ether oxygens (including phenoxy) is 1. The highest BCUT2D eigenvalue weighted by Gasteiger charge is 2.09. The molecule has 0 amide bonds. The van der Waals surface area contributed by atoms with Gasteiger partial charge in [-0.05, 0) is 46.6 Å². The minimum Gasteiger partial charge on any atom is -0.383 e. The molecule has 0 aliphatic heterocycles. The first-order valence-corrected chi connectivity index (χ1v) is 9.94. The Labute approximate surface area is 170 Å². The molecule has 27 heavy (non-hydrogen) atoms. The molecule has 0 aliphatic rings. The van der Waals surface area contributed by atoms with E-state index in [9.17, 15) is 0 Å². The average molecular weight is 436 g/mol. The molecule has 1 aromatic heterocycles.